The predicted molar refractivity (Wildman–Crippen MR) is 89.9 cm³/mol. The molecule has 6 heteroatoms. The fourth-order valence-electron chi connectivity index (χ4n) is 2.98. The van der Waals surface area contributed by atoms with Crippen LogP contribution in [-0.2, 0) is 16.1 Å². The maximum absolute atomic E-state index is 12.7. The third-order valence-corrected chi connectivity index (χ3v) is 4.98. The van der Waals surface area contributed by atoms with Gasteiger partial charge in [-0.1, -0.05) is 12.1 Å². The summed E-state index contributed by atoms with van der Waals surface area (Å²) < 4.78 is 5.51. The van der Waals surface area contributed by atoms with Crippen LogP contribution >= 0.6 is 15.9 Å². The lowest BCUT2D eigenvalue weighted by molar-refractivity contribution is -0.138. The van der Waals surface area contributed by atoms with Gasteiger partial charge in [-0.15, -0.1) is 0 Å². The number of ether oxygens (including phenoxy) is 1. The van der Waals surface area contributed by atoms with Crippen LogP contribution in [0.1, 0.15) is 24.8 Å². The summed E-state index contributed by atoms with van der Waals surface area (Å²) in [5, 5.41) is 0. The average molecular weight is 379 g/mol. The van der Waals surface area contributed by atoms with E-state index in [-0.39, 0.29) is 18.4 Å². The Bertz CT molecular complexity index is 648. The number of nitrogens with zero attached hydrogens (tertiary/aromatic N) is 2. The van der Waals surface area contributed by atoms with E-state index in [0.29, 0.717) is 10.2 Å². The van der Waals surface area contributed by atoms with Crippen molar-refractivity contribution in [3.8, 4) is 5.75 Å². The SMILES string of the molecule is COc1ccc(CN2C(=O)C(Br)=C(N3CCCCC3)C2=O)cc1. The summed E-state index contributed by atoms with van der Waals surface area (Å²) >= 11 is 3.33. The Morgan fingerprint density at radius 3 is 2.30 bits per heavy atom. The summed E-state index contributed by atoms with van der Waals surface area (Å²) in [6, 6.07) is 7.39. The van der Waals surface area contributed by atoms with Crippen LogP contribution < -0.4 is 4.74 Å². The standard InChI is InChI=1S/C17H19BrN2O3/c1-23-13-7-5-12(6-8-13)11-20-16(21)14(18)15(17(20)22)19-9-3-2-4-10-19/h5-8H,2-4,9-11H2,1H3. The van der Waals surface area contributed by atoms with Gasteiger partial charge >= 0.3 is 0 Å². The molecule has 1 saturated heterocycles. The number of piperidine rings is 1. The average Bonchev–Trinajstić information content (AvgIpc) is 2.80. The van der Waals surface area contributed by atoms with Crippen molar-refractivity contribution in [1.29, 1.82) is 0 Å². The van der Waals surface area contributed by atoms with Crippen molar-refractivity contribution in [2.75, 3.05) is 20.2 Å². The quantitative estimate of drug-likeness (QED) is 0.755. The molecule has 2 heterocycles. The molecule has 0 bridgehead atoms. The van der Waals surface area contributed by atoms with Crippen LogP contribution in [0.25, 0.3) is 0 Å². The van der Waals surface area contributed by atoms with Crippen molar-refractivity contribution in [3.05, 3.63) is 40.0 Å². The zero-order valence-corrected chi connectivity index (χ0v) is 14.6. The maximum Gasteiger partial charge on any atom is 0.278 e. The van der Waals surface area contributed by atoms with Crippen molar-refractivity contribution in [2.24, 2.45) is 0 Å². The number of amides is 2. The Balaban J connectivity index is 1.77. The summed E-state index contributed by atoms with van der Waals surface area (Å²) in [6.07, 6.45) is 3.30. The number of likely N-dealkylation sites (tertiary alicyclic amines) is 1. The summed E-state index contributed by atoms with van der Waals surface area (Å²) in [5.41, 5.74) is 1.41. The van der Waals surface area contributed by atoms with Crippen LogP contribution in [0, 0.1) is 0 Å². The zero-order chi connectivity index (χ0) is 16.4. The predicted octanol–water partition coefficient (Wildman–Crippen LogP) is 2.66. The summed E-state index contributed by atoms with van der Waals surface area (Å²) in [7, 11) is 1.61. The second-order valence-electron chi connectivity index (χ2n) is 5.75. The smallest absolute Gasteiger partial charge is 0.278 e. The number of rotatable bonds is 4. The van der Waals surface area contributed by atoms with E-state index in [2.05, 4.69) is 15.9 Å². The fourth-order valence-corrected chi connectivity index (χ4v) is 3.62. The maximum atomic E-state index is 12.7. The number of hydrogen-bond acceptors (Lipinski definition) is 4. The van der Waals surface area contributed by atoms with Crippen LogP contribution in [0.4, 0.5) is 0 Å². The second-order valence-corrected chi connectivity index (χ2v) is 6.55. The molecule has 0 radical (unpaired) electrons. The van der Waals surface area contributed by atoms with Gasteiger partial charge in [-0.3, -0.25) is 14.5 Å². The molecule has 1 fully saturated rings. The van der Waals surface area contributed by atoms with E-state index in [4.69, 9.17) is 4.74 Å². The molecule has 1 aromatic carbocycles. The number of methoxy groups -OCH3 is 1. The van der Waals surface area contributed by atoms with Crippen molar-refractivity contribution < 1.29 is 14.3 Å². The van der Waals surface area contributed by atoms with Gasteiger partial charge in [-0.05, 0) is 52.9 Å². The number of imide groups is 1. The van der Waals surface area contributed by atoms with E-state index in [9.17, 15) is 9.59 Å². The number of benzene rings is 1. The van der Waals surface area contributed by atoms with Gasteiger partial charge in [0.1, 0.15) is 15.9 Å². The molecule has 0 N–H and O–H groups in total. The normalized spacial score (nSPS) is 18.9. The van der Waals surface area contributed by atoms with Gasteiger partial charge in [-0.2, -0.15) is 0 Å². The van der Waals surface area contributed by atoms with Crippen molar-refractivity contribution in [2.45, 2.75) is 25.8 Å². The molecule has 0 atom stereocenters. The number of halogens is 1. The van der Waals surface area contributed by atoms with E-state index in [1.54, 1.807) is 7.11 Å². The number of carbonyl (C=O) groups excluding carboxylic acids is 2. The highest BCUT2D eigenvalue weighted by atomic mass is 79.9. The van der Waals surface area contributed by atoms with Crippen molar-refractivity contribution in [1.82, 2.24) is 9.80 Å². The first-order valence-corrected chi connectivity index (χ1v) is 8.55. The molecule has 0 aliphatic carbocycles. The van der Waals surface area contributed by atoms with Gasteiger partial charge in [0.15, 0.2) is 0 Å². The van der Waals surface area contributed by atoms with Gasteiger partial charge in [0.05, 0.1) is 13.7 Å². The molecule has 122 valence electrons. The molecular weight excluding hydrogens is 360 g/mol. The van der Waals surface area contributed by atoms with Gasteiger partial charge in [0, 0.05) is 13.1 Å². The van der Waals surface area contributed by atoms with E-state index in [1.807, 2.05) is 29.2 Å². The molecule has 0 spiro atoms. The van der Waals surface area contributed by atoms with E-state index < -0.39 is 0 Å². The van der Waals surface area contributed by atoms with Gasteiger partial charge in [0.25, 0.3) is 11.8 Å². The Morgan fingerprint density at radius 2 is 1.70 bits per heavy atom. The highest BCUT2D eigenvalue weighted by Gasteiger charge is 2.40. The Morgan fingerprint density at radius 1 is 1.04 bits per heavy atom. The molecule has 5 nitrogen and oxygen atoms in total. The van der Waals surface area contributed by atoms with Crippen LogP contribution in [0.3, 0.4) is 0 Å². The molecular formula is C17H19BrN2O3. The minimum atomic E-state index is -0.258. The largest absolute Gasteiger partial charge is 0.497 e. The number of hydrogen-bond donors (Lipinski definition) is 0. The Labute approximate surface area is 144 Å². The third kappa shape index (κ3) is 3.13. The topological polar surface area (TPSA) is 49.9 Å². The molecule has 2 amide bonds. The van der Waals surface area contributed by atoms with Crippen LogP contribution in [-0.4, -0.2) is 41.8 Å². The molecule has 23 heavy (non-hydrogen) atoms. The fraction of sp³-hybridized carbons (Fsp3) is 0.412. The molecule has 0 unspecified atom stereocenters. The van der Waals surface area contributed by atoms with Gasteiger partial charge in [-0.25, -0.2) is 0 Å². The lowest BCUT2D eigenvalue weighted by atomic mass is 10.1. The minimum Gasteiger partial charge on any atom is -0.497 e. The highest BCUT2D eigenvalue weighted by molar-refractivity contribution is 9.12. The minimum absolute atomic E-state index is 0.209. The molecule has 0 aromatic heterocycles. The zero-order valence-electron chi connectivity index (χ0n) is 13.0. The molecule has 3 rings (SSSR count). The first-order chi connectivity index (χ1) is 11.1. The van der Waals surface area contributed by atoms with Gasteiger partial charge in [0.2, 0.25) is 0 Å². The molecule has 1 aromatic rings. The third-order valence-electron chi connectivity index (χ3n) is 4.26. The molecule has 0 saturated carbocycles. The summed E-state index contributed by atoms with van der Waals surface area (Å²) in [4.78, 5) is 28.5. The summed E-state index contributed by atoms with van der Waals surface area (Å²) in [6.45, 7) is 1.94. The first-order valence-electron chi connectivity index (χ1n) is 7.75. The van der Waals surface area contributed by atoms with E-state index in [1.165, 1.54) is 11.3 Å². The lowest BCUT2D eigenvalue weighted by Crippen LogP contribution is -2.36. The lowest BCUT2D eigenvalue weighted by Gasteiger charge is -2.29. The molecule has 2 aliphatic heterocycles. The van der Waals surface area contributed by atoms with E-state index in [0.717, 1.165) is 37.2 Å². The van der Waals surface area contributed by atoms with Gasteiger partial charge < -0.3 is 9.64 Å². The summed E-state index contributed by atoms with van der Waals surface area (Å²) in [5.74, 6) is 0.284. The van der Waals surface area contributed by atoms with Crippen LogP contribution in [0.5, 0.6) is 5.75 Å². The highest BCUT2D eigenvalue weighted by Crippen LogP contribution is 2.31. The van der Waals surface area contributed by atoms with Crippen LogP contribution in [0.2, 0.25) is 0 Å². The monoisotopic (exact) mass is 378 g/mol. The van der Waals surface area contributed by atoms with Crippen LogP contribution in [0.15, 0.2) is 34.4 Å². The number of carbonyl (C=O) groups is 2. The Hall–Kier alpha value is -1.82. The molecule has 2 aliphatic rings. The van der Waals surface area contributed by atoms with Crippen molar-refractivity contribution in [3.63, 3.8) is 0 Å². The van der Waals surface area contributed by atoms with E-state index >= 15 is 0 Å². The first kappa shape index (κ1) is 16.1. The second kappa shape index (κ2) is 6.74. The Kier molecular flexibility index (Phi) is 4.71. The van der Waals surface area contributed by atoms with Crippen molar-refractivity contribution >= 4 is 27.7 Å².